The Hall–Kier alpha value is -1.12. The molecule has 65 valence electrons. The van der Waals surface area contributed by atoms with Gasteiger partial charge < -0.3 is 4.43 Å². The topological polar surface area (TPSA) is 9.23 Å². The molecule has 1 nitrogen and oxygen atoms in total. The zero-order valence-corrected chi connectivity index (χ0v) is 8.42. The van der Waals surface area contributed by atoms with Gasteiger partial charge in [-0.25, -0.2) is 0 Å². The van der Waals surface area contributed by atoms with Gasteiger partial charge in [-0.05, 0) is 16.7 Å². The Kier molecular flexibility index (Phi) is 3.67. The van der Waals surface area contributed by atoms with Crippen molar-refractivity contribution in [2.24, 2.45) is 0 Å². The number of hydrogen-bond acceptors (Lipinski definition) is 1. The molecule has 0 saturated carbocycles. The predicted octanol–water partition coefficient (Wildman–Crippen LogP) is 2.57. The van der Waals surface area contributed by atoms with Crippen molar-refractivity contribution in [3.63, 3.8) is 0 Å². The van der Waals surface area contributed by atoms with Crippen LogP contribution in [-0.2, 0) is 11.0 Å². The van der Waals surface area contributed by atoms with Crippen LogP contribution in [0.4, 0.5) is 0 Å². The molecule has 0 aliphatic heterocycles. The molecular formula is C11H11OSi. The van der Waals surface area contributed by atoms with E-state index in [4.69, 9.17) is 4.43 Å². The Morgan fingerprint density at radius 3 is 2.62 bits per heavy atom. The third kappa shape index (κ3) is 2.17. The molecule has 1 aromatic rings. The Labute approximate surface area is 82.3 Å². The minimum atomic E-state index is 0.528. The van der Waals surface area contributed by atoms with Crippen LogP contribution in [0.5, 0.6) is 0 Å². The van der Waals surface area contributed by atoms with Crippen LogP contribution in [0.25, 0.3) is 12.2 Å². The van der Waals surface area contributed by atoms with E-state index in [1.54, 1.807) is 0 Å². The van der Waals surface area contributed by atoms with Gasteiger partial charge in [-0.15, -0.1) is 0 Å². The molecule has 3 radical (unpaired) electrons. The summed E-state index contributed by atoms with van der Waals surface area (Å²) in [4.78, 5) is 0. The molecule has 0 aliphatic rings. The SMILES string of the molecule is C=Cc1cccc(CO[Si])c1C=C. The molecule has 0 saturated heterocycles. The van der Waals surface area contributed by atoms with Crippen molar-refractivity contribution in [1.29, 1.82) is 0 Å². The Bertz CT molecular complexity index is 318. The minimum absolute atomic E-state index is 0.528. The molecule has 0 heterocycles. The Morgan fingerprint density at radius 2 is 2.08 bits per heavy atom. The van der Waals surface area contributed by atoms with Gasteiger partial charge in [0.2, 0.25) is 10.5 Å². The molecule has 2 heteroatoms. The monoisotopic (exact) mass is 187 g/mol. The lowest BCUT2D eigenvalue weighted by Crippen LogP contribution is -1.94. The summed E-state index contributed by atoms with van der Waals surface area (Å²) in [7, 11) is 2.98. The summed E-state index contributed by atoms with van der Waals surface area (Å²) in [5.41, 5.74) is 3.26. The van der Waals surface area contributed by atoms with Crippen LogP contribution < -0.4 is 0 Å². The lowest BCUT2D eigenvalue weighted by atomic mass is 10.0. The van der Waals surface area contributed by atoms with Crippen molar-refractivity contribution in [2.75, 3.05) is 0 Å². The highest BCUT2D eigenvalue weighted by Gasteiger charge is 2.01. The van der Waals surface area contributed by atoms with E-state index in [2.05, 4.69) is 23.6 Å². The molecule has 0 atom stereocenters. The highest BCUT2D eigenvalue weighted by atomic mass is 28.2. The normalized spacial score (nSPS) is 9.62. The second-order valence-corrected chi connectivity index (χ2v) is 2.91. The molecular weight excluding hydrogens is 176 g/mol. The maximum atomic E-state index is 4.89. The van der Waals surface area contributed by atoms with Crippen molar-refractivity contribution in [3.05, 3.63) is 48.0 Å². The Morgan fingerprint density at radius 1 is 1.31 bits per heavy atom. The molecule has 0 aromatic heterocycles. The van der Waals surface area contributed by atoms with Crippen molar-refractivity contribution >= 4 is 22.6 Å². The Balaban J connectivity index is 3.18. The maximum Gasteiger partial charge on any atom is 0.246 e. The molecule has 0 unspecified atom stereocenters. The summed E-state index contributed by atoms with van der Waals surface area (Å²) in [6, 6.07) is 5.98. The van der Waals surface area contributed by atoms with Gasteiger partial charge in [-0.3, -0.25) is 0 Å². The molecule has 0 spiro atoms. The van der Waals surface area contributed by atoms with Crippen molar-refractivity contribution in [3.8, 4) is 0 Å². The molecule has 1 aromatic carbocycles. The lowest BCUT2D eigenvalue weighted by molar-refractivity contribution is 0.338. The largest absolute Gasteiger partial charge is 0.414 e. The molecule has 0 aliphatic carbocycles. The molecule has 0 fully saturated rings. The maximum absolute atomic E-state index is 4.89. The minimum Gasteiger partial charge on any atom is -0.414 e. The fourth-order valence-electron chi connectivity index (χ4n) is 1.26. The van der Waals surface area contributed by atoms with E-state index in [1.807, 2.05) is 30.4 Å². The fourth-order valence-corrected chi connectivity index (χ4v) is 1.42. The average Bonchev–Trinajstić information content (AvgIpc) is 2.18. The zero-order chi connectivity index (χ0) is 9.68. The van der Waals surface area contributed by atoms with Gasteiger partial charge >= 0.3 is 0 Å². The second-order valence-electron chi connectivity index (χ2n) is 2.62. The van der Waals surface area contributed by atoms with E-state index in [0.29, 0.717) is 6.61 Å². The molecule has 0 amide bonds. The summed E-state index contributed by atoms with van der Waals surface area (Å²) < 4.78 is 4.89. The van der Waals surface area contributed by atoms with Crippen LogP contribution in [-0.4, -0.2) is 10.5 Å². The van der Waals surface area contributed by atoms with Gasteiger partial charge in [0.15, 0.2) is 0 Å². The van der Waals surface area contributed by atoms with Crippen LogP contribution in [0.2, 0.25) is 0 Å². The van der Waals surface area contributed by atoms with Crippen LogP contribution in [0.15, 0.2) is 31.4 Å². The van der Waals surface area contributed by atoms with Gasteiger partial charge in [0, 0.05) is 0 Å². The average molecular weight is 187 g/mol. The van der Waals surface area contributed by atoms with Crippen LogP contribution >= 0.6 is 0 Å². The smallest absolute Gasteiger partial charge is 0.246 e. The molecule has 0 bridgehead atoms. The lowest BCUT2D eigenvalue weighted by Gasteiger charge is -2.07. The summed E-state index contributed by atoms with van der Waals surface area (Å²) in [6.07, 6.45) is 3.63. The third-order valence-electron chi connectivity index (χ3n) is 1.88. The summed E-state index contributed by atoms with van der Waals surface area (Å²) in [5.74, 6) is 0. The van der Waals surface area contributed by atoms with E-state index in [-0.39, 0.29) is 0 Å². The number of rotatable bonds is 4. The van der Waals surface area contributed by atoms with Gasteiger partial charge in [-0.2, -0.15) is 0 Å². The van der Waals surface area contributed by atoms with Crippen molar-refractivity contribution in [1.82, 2.24) is 0 Å². The molecule has 0 N–H and O–H groups in total. The highest BCUT2D eigenvalue weighted by Crippen LogP contribution is 2.17. The van der Waals surface area contributed by atoms with Gasteiger partial charge in [-0.1, -0.05) is 43.5 Å². The molecule has 13 heavy (non-hydrogen) atoms. The van der Waals surface area contributed by atoms with Crippen molar-refractivity contribution < 1.29 is 4.43 Å². The zero-order valence-electron chi connectivity index (χ0n) is 7.42. The number of hydrogen-bond donors (Lipinski definition) is 0. The van der Waals surface area contributed by atoms with Gasteiger partial charge in [0.1, 0.15) is 0 Å². The van der Waals surface area contributed by atoms with Gasteiger partial charge in [0.25, 0.3) is 0 Å². The van der Waals surface area contributed by atoms with Crippen LogP contribution in [0.1, 0.15) is 16.7 Å². The van der Waals surface area contributed by atoms with Crippen LogP contribution in [0.3, 0.4) is 0 Å². The van der Waals surface area contributed by atoms with Crippen molar-refractivity contribution in [2.45, 2.75) is 6.61 Å². The molecule has 1 rings (SSSR count). The summed E-state index contributed by atoms with van der Waals surface area (Å²) in [6.45, 7) is 8.03. The van der Waals surface area contributed by atoms with E-state index in [9.17, 15) is 0 Å². The standard InChI is InChI=1S/C11H11OSi/c1-3-9-6-5-7-10(8-12-13)11(9)4-2/h3-7H,1-2,8H2. The van der Waals surface area contributed by atoms with E-state index < -0.39 is 0 Å². The van der Waals surface area contributed by atoms with Gasteiger partial charge in [0.05, 0.1) is 6.61 Å². The first kappa shape index (κ1) is 9.96. The first-order valence-corrected chi connectivity index (χ1v) is 4.39. The van der Waals surface area contributed by atoms with Crippen LogP contribution in [0, 0.1) is 0 Å². The highest BCUT2D eigenvalue weighted by molar-refractivity contribution is 5.97. The third-order valence-corrected chi connectivity index (χ3v) is 2.03. The van der Waals surface area contributed by atoms with E-state index >= 15 is 0 Å². The second kappa shape index (κ2) is 4.79. The van der Waals surface area contributed by atoms with E-state index in [0.717, 1.165) is 16.7 Å². The van der Waals surface area contributed by atoms with E-state index in [1.165, 1.54) is 0 Å². The fraction of sp³-hybridized carbons (Fsp3) is 0.0909. The number of benzene rings is 1. The first-order chi connectivity index (χ1) is 6.33. The predicted molar refractivity (Wildman–Crippen MR) is 57.2 cm³/mol. The first-order valence-electron chi connectivity index (χ1n) is 3.98. The summed E-state index contributed by atoms with van der Waals surface area (Å²) in [5, 5.41) is 0. The quantitative estimate of drug-likeness (QED) is 0.658. The summed E-state index contributed by atoms with van der Waals surface area (Å²) >= 11 is 0.